The van der Waals surface area contributed by atoms with E-state index < -0.39 is 10.1 Å². The molecule has 14 heavy (non-hydrogen) atoms. The first-order valence-electron chi connectivity index (χ1n) is 3.83. The molecule has 0 bridgehead atoms. The van der Waals surface area contributed by atoms with Gasteiger partial charge < -0.3 is 0 Å². The molecule has 0 heterocycles. The summed E-state index contributed by atoms with van der Waals surface area (Å²) in [6.07, 6.45) is 1.56. The molecule has 0 fully saturated rings. The van der Waals surface area contributed by atoms with Gasteiger partial charge in [0.15, 0.2) is 0 Å². The summed E-state index contributed by atoms with van der Waals surface area (Å²) in [4.78, 5) is -0.238. The van der Waals surface area contributed by atoms with E-state index in [0.717, 1.165) is 5.56 Å². The van der Waals surface area contributed by atoms with E-state index in [1.165, 1.54) is 24.3 Å². The van der Waals surface area contributed by atoms with E-state index in [0.29, 0.717) is 5.57 Å². The molecule has 0 saturated carbocycles. The molecule has 1 rings (SSSR count). The number of rotatable bonds is 3. The molecule has 0 aliphatic carbocycles. The van der Waals surface area contributed by atoms with Crippen molar-refractivity contribution in [1.29, 1.82) is 0 Å². The van der Waals surface area contributed by atoms with Crippen molar-refractivity contribution in [2.75, 3.05) is 0 Å². The first-order valence-corrected chi connectivity index (χ1v) is 5.23. The lowest BCUT2D eigenvalue weighted by Crippen LogP contribution is -1.95. The highest BCUT2D eigenvalue weighted by Crippen LogP contribution is 2.16. The van der Waals surface area contributed by atoms with Crippen molar-refractivity contribution >= 4 is 15.7 Å². The van der Waals surface area contributed by atoms with Crippen molar-refractivity contribution in [3.63, 3.8) is 0 Å². The molecule has 1 aromatic carbocycles. The van der Waals surface area contributed by atoms with Crippen LogP contribution in [-0.2, 0) is 14.7 Å². The maximum absolute atomic E-state index is 10.6. The van der Waals surface area contributed by atoms with Gasteiger partial charge in [-0.1, -0.05) is 35.9 Å². The number of hydrogen-bond acceptors (Lipinski definition) is 2. The van der Waals surface area contributed by atoms with E-state index in [1.807, 2.05) is 0 Å². The van der Waals surface area contributed by atoms with Gasteiger partial charge in [-0.3, -0.25) is 0 Å². The van der Waals surface area contributed by atoms with Crippen molar-refractivity contribution in [3.8, 4) is 0 Å². The van der Waals surface area contributed by atoms with Crippen LogP contribution in [0.15, 0.2) is 48.4 Å². The molecule has 0 atom stereocenters. The van der Waals surface area contributed by atoms with Crippen molar-refractivity contribution in [3.05, 3.63) is 49.1 Å². The Bertz CT molecular complexity index is 455. The fraction of sp³-hybridized carbons (Fsp3) is 0. The van der Waals surface area contributed by atoms with Crippen molar-refractivity contribution in [2.24, 2.45) is 0 Å². The lowest BCUT2D eigenvalue weighted by molar-refractivity contribution is 0.414. The zero-order valence-corrected chi connectivity index (χ0v) is 8.25. The Balaban J connectivity index is 3.13. The zero-order valence-electron chi connectivity index (χ0n) is 7.43. The third-order valence-corrected chi connectivity index (χ3v) is 2.61. The van der Waals surface area contributed by atoms with Crippen LogP contribution < -0.4 is 0 Å². The van der Waals surface area contributed by atoms with Gasteiger partial charge in [0.25, 0.3) is 0 Å². The highest BCUT2D eigenvalue weighted by molar-refractivity contribution is 7.85. The van der Waals surface area contributed by atoms with Crippen molar-refractivity contribution in [1.82, 2.24) is 0 Å². The van der Waals surface area contributed by atoms with Gasteiger partial charge in [0, 0.05) is 0 Å². The third-order valence-electron chi connectivity index (χ3n) is 1.76. The predicted octanol–water partition coefficient (Wildman–Crippen LogP) is 2.00. The SMILES string of the molecule is C=CC(=C)c1ccc(S([O])(=O)=O)cc1. The van der Waals surface area contributed by atoms with Gasteiger partial charge in [-0.05, 0) is 23.3 Å². The fourth-order valence-corrected chi connectivity index (χ4v) is 1.42. The zero-order chi connectivity index (χ0) is 10.8. The quantitative estimate of drug-likeness (QED) is 0.715. The molecule has 0 saturated heterocycles. The minimum atomic E-state index is -4.36. The van der Waals surface area contributed by atoms with Gasteiger partial charge >= 0.3 is 10.1 Å². The highest BCUT2D eigenvalue weighted by atomic mass is 32.2. The van der Waals surface area contributed by atoms with Crippen LogP contribution in [0.5, 0.6) is 0 Å². The second-order valence-electron chi connectivity index (χ2n) is 2.71. The normalized spacial score (nSPS) is 10.9. The van der Waals surface area contributed by atoms with E-state index in [2.05, 4.69) is 13.2 Å². The number of benzene rings is 1. The second kappa shape index (κ2) is 3.77. The van der Waals surface area contributed by atoms with Crippen LogP contribution in [-0.4, -0.2) is 8.42 Å². The minimum absolute atomic E-state index is 0.238. The van der Waals surface area contributed by atoms with Crippen LogP contribution in [0.4, 0.5) is 0 Å². The summed E-state index contributed by atoms with van der Waals surface area (Å²) >= 11 is 0. The summed E-state index contributed by atoms with van der Waals surface area (Å²) in [6, 6.07) is 5.56. The van der Waals surface area contributed by atoms with Crippen LogP contribution >= 0.6 is 0 Å². The summed E-state index contributed by atoms with van der Waals surface area (Å²) in [5.41, 5.74) is 1.42. The molecule has 73 valence electrons. The summed E-state index contributed by atoms with van der Waals surface area (Å²) in [5, 5.41) is 0. The predicted molar refractivity (Wildman–Crippen MR) is 53.5 cm³/mol. The molecule has 4 heteroatoms. The summed E-state index contributed by atoms with van der Waals surface area (Å²) in [7, 11) is -4.36. The molecule has 0 aliphatic rings. The average molecular weight is 209 g/mol. The van der Waals surface area contributed by atoms with Crippen molar-refractivity contribution < 1.29 is 13.0 Å². The topological polar surface area (TPSA) is 54.0 Å². The van der Waals surface area contributed by atoms with E-state index >= 15 is 0 Å². The molecule has 0 spiro atoms. The average Bonchev–Trinajstić information content (AvgIpc) is 2.15. The van der Waals surface area contributed by atoms with Gasteiger partial charge in [0.2, 0.25) is 0 Å². The highest BCUT2D eigenvalue weighted by Gasteiger charge is 2.10. The van der Waals surface area contributed by atoms with Gasteiger partial charge in [0.05, 0.1) is 4.90 Å². The summed E-state index contributed by atoms with van der Waals surface area (Å²) < 4.78 is 31.8. The molecule has 1 aromatic rings. The summed E-state index contributed by atoms with van der Waals surface area (Å²) in [5.74, 6) is 0. The first kappa shape index (κ1) is 10.7. The van der Waals surface area contributed by atoms with Gasteiger partial charge in [-0.2, -0.15) is 8.42 Å². The van der Waals surface area contributed by atoms with Crippen LogP contribution in [0.25, 0.3) is 5.57 Å². The number of allylic oxidation sites excluding steroid dienone is 2. The molecule has 0 amide bonds. The van der Waals surface area contributed by atoms with Crippen LogP contribution in [0.3, 0.4) is 0 Å². The monoisotopic (exact) mass is 209 g/mol. The van der Waals surface area contributed by atoms with Crippen LogP contribution in [0, 0.1) is 0 Å². The Labute approximate surface area is 83.1 Å². The molecule has 1 radical (unpaired) electrons. The lowest BCUT2D eigenvalue weighted by Gasteiger charge is -2.00. The Morgan fingerprint density at radius 1 is 1.21 bits per heavy atom. The maximum Gasteiger partial charge on any atom is 0.324 e. The Morgan fingerprint density at radius 3 is 2.07 bits per heavy atom. The van der Waals surface area contributed by atoms with Gasteiger partial charge in [0.1, 0.15) is 0 Å². The third kappa shape index (κ3) is 2.31. The molecule has 0 unspecified atom stereocenters. The van der Waals surface area contributed by atoms with Crippen LogP contribution in [0.2, 0.25) is 0 Å². The molecular formula is C10H9O3S. The van der Waals surface area contributed by atoms with E-state index in [9.17, 15) is 13.0 Å². The maximum atomic E-state index is 10.6. The smallest absolute Gasteiger partial charge is 0.192 e. The van der Waals surface area contributed by atoms with Crippen molar-refractivity contribution in [2.45, 2.75) is 4.90 Å². The first-order chi connectivity index (χ1) is 6.45. The Hall–Kier alpha value is -1.39. The van der Waals surface area contributed by atoms with E-state index in [-0.39, 0.29) is 4.90 Å². The molecular weight excluding hydrogens is 200 g/mol. The Morgan fingerprint density at radius 2 is 1.71 bits per heavy atom. The van der Waals surface area contributed by atoms with E-state index in [1.54, 1.807) is 6.08 Å². The van der Waals surface area contributed by atoms with E-state index in [4.69, 9.17) is 0 Å². The molecule has 3 nitrogen and oxygen atoms in total. The molecule has 0 aliphatic heterocycles. The standard InChI is InChI=1S/C10H9O3S/c1-3-8(2)9-4-6-10(7-5-9)14(11,12)13/h3-7H,1-2H2. The largest absolute Gasteiger partial charge is 0.324 e. The van der Waals surface area contributed by atoms with Gasteiger partial charge in [-0.15, -0.1) is 0 Å². The fourth-order valence-electron chi connectivity index (χ4n) is 0.954. The van der Waals surface area contributed by atoms with Gasteiger partial charge in [-0.25, -0.2) is 0 Å². The molecule has 0 N–H and O–H groups in total. The minimum Gasteiger partial charge on any atom is -0.192 e. The second-order valence-corrected chi connectivity index (χ2v) is 4.09. The Kier molecular flexibility index (Phi) is 2.88. The molecule has 0 aromatic heterocycles. The number of hydrogen-bond donors (Lipinski definition) is 0. The lowest BCUT2D eigenvalue weighted by atomic mass is 10.1. The summed E-state index contributed by atoms with van der Waals surface area (Å²) in [6.45, 7) is 7.22. The van der Waals surface area contributed by atoms with Crippen LogP contribution in [0.1, 0.15) is 5.56 Å².